The van der Waals surface area contributed by atoms with Crippen molar-refractivity contribution in [2.45, 2.75) is 26.3 Å². The second-order valence-corrected chi connectivity index (χ2v) is 10.7. The van der Waals surface area contributed by atoms with Crippen LogP contribution in [0.1, 0.15) is 42.2 Å². The molecule has 0 saturated carbocycles. The molecule has 0 bridgehead atoms. The van der Waals surface area contributed by atoms with E-state index in [-0.39, 0.29) is 17.1 Å². The minimum Gasteiger partial charge on any atom is -0.495 e. The van der Waals surface area contributed by atoms with Crippen LogP contribution >= 0.6 is 23.2 Å². The molecule has 3 aromatic carbocycles. The highest BCUT2D eigenvalue weighted by atomic mass is 35.5. The molecule has 0 saturated heterocycles. The van der Waals surface area contributed by atoms with Crippen LogP contribution in [-0.2, 0) is 4.79 Å². The van der Waals surface area contributed by atoms with Gasteiger partial charge < -0.3 is 10.1 Å². The monoisotopic (exact) mass is 520 g/mol. The molecule has 1 aliphatic carbocycles. The molecule has 0 fully saturated rings. The van der Waals surface area contributed by atoms with Gasteiger partial charge in [-0.15, -0.1) is 0 Å². The smallest absolute Gasteiger partial charge is 0.258 e. The first-order chi connectivity index (χ1) is 17.2. The summed E-state index contributed by atoms with van der Waals surface area (Å²) in [5.74, 6) is -0.520. The van der Waals surface area contributed by atoms with Crippen LogP contribution in [0.4, 0.5) is 11.4 Å². The molecule has 5 rings (SSSR count). The van der Waals surface area contributed by atoms with E-state index in [1.807, 2.05) is 56.3 Å². The number of ketones is 1. The Labute approximate surface area is 220 Å². The van der Waals surface area contributed by atoms with E-state index in [2.05, 4.69) is 11.4 Å². The number of hydrogen-bond donors (Lipinski definition) is 1. The number of ether oxygens (including phenoxy) is 1. The molecule has 0 unspecified atom stereocenters. The highest BCUT2D eigenvalue weighted by molar-refractivity contribution is 6.35. The number of fused-ring (bicyclic) bond motifs is 2. The maximum atomic E-state index is 14.2. The van der Waals surface area contributed by atoms with Crippen molar-refractivity contribution in [3.05, 3.63) is 99.7 Å². The summed E-state index contributed by atoms with van der Waals surface area (Å²) < 4.78 is 5.72. The van der Waals surface area contributed by atoms with Crippen LogP contribution in [0.3, 0.4) is 0 Å². The van der Waals surface area contributed by atoms with E-state index in [0.29, 0.717) is 39.0 Å². The number of carbonyl (C=O) groups excluding carboxylic acids is 2. The molecule has 5 nitrogen and oxygen atoms in total. The van der Waals surface area contributed by atoms with Gasteiger partial charge in [-0.05, 0) is 41.8 Å². The summed E-state index contributed by atoms with van der Waals surface area (Å²) in [5, 5.41) is 4.19. The molecule has 0 spiro atoms. The molecule has 2 atom stereocenters. The maximum absolute atomic E-state index is 14.2. The van der Waals surface area contributed by atoms with E-state index in [4.69, 9.17) is 27.9 Å². The minimum atomic E-state index is -0.755. The molecule has 1 N–H and O–H groups in total. The predicted octanol–water partition coefficient (Wildman–Crippen LogP) is 7.31. The maximum Gasteiger partial charge on any atom is 0.258 e. The van der Waals surface area contributed by atoms with Crippen LogP contribution in [0.5, 0.6) is 5.75 Å². The van der Waals surface area contributed by atoms with Gasteiger partial charge in [0.15, 0.2) is 0 Å². The van der Waals surface area contributed by atoms with Crippen molar-refractivity contribution in [3.63, 3.8) is 0 Å². The van der Waals surface area contributed by atoms with Gasteiger partial charge in [-0.3, -0.25) is 14.5 Å². The third-order valence-electron chi connectivity index (χ3n) is 6.69. The second-order valence-electron chi connectivity index (χ2n) is 9.85. The third kappa shape index (κ3) is 4.27. The van der Waals surface area contributed by atoms with Gasteiger partial charge in [0.2, 0.25) is 0 Å². The standard InChI is InChI=1S/C29H26Cl2N2O3/c1-29(2)15-22-25(24(34)16-29)26(19-13-18(30)14-20(31)27(19)36-3)33(23-12-8-7-11-21(23)32-22)28(35)17-9-5-4-6-10-17/h4-15,25-26,32H,16H2,1-3H3/t25-,26-/m1/s1. The van der Waals surface area contributed by atoms with Gasteiger partial charge in [0.25, 0.3) is 5.91 Å². The fourth-order valence-corrected chi connectivity index (χ4v) is 5.87. The number of methoxy groups -OCH3 is 1. The minimum absolute atomic E-state index is 0.0202. The first-order valence-corrected chi connectivity index (χ1v) is 12.5. The number of Topliss-reactive ketones (excluding diaryl/α,β-unsaturated/α-hetero) is 1. The summed E-state index contributed by atoms with van der Waals surface area (Å²) in [6, 6.07) is 19.2. The van der Waals surface area contributed by atoms with Crippen molar-refractivity contribution in [1.82, 2.24) is 0 Å². The Hall–Kier alpha value is -3.28. The molecule has 0 aromatic heterocycles. The molecule has 0 radical (unpaired) electrons. The van der Waals surface area contributed by atoms with Crippen molar-refractivity contribution in [2.75, 3.05) is 17.3 Å². The largest absolute Gasteiger partial charge is 0.495 e. The Morgan fingerprint density at radius 2 is 1.75 bits per heavy atom. The van der Waals surface area contributed by atoms with Crippen LogP contribution < -0.4 is 15.0 Å². The Morgan fingerprint density at radius 1 is 1.06 bits per heavy atom. The highest BCUT2D eigenvalue weighted by Gasteiger charge is 2.47. The van der Waals surface area contributed by atoms with Crippen molar-refractivity contribution in [3.8, 4) is 5.75 Å². The Morgan fingerprint density at radius 3 is 2.47 bits per heavy atom. The lowest BCUT2D eigenvalue weighted by Crippen LogP contribution is -2.43. The number of allylic oxidation sites excluding steroid dienone is 1. The molecule has 2 aliphatic rings. The van der Waals surface area contributed by atoms with E-state index in [9.17, 15) is 9.59 Å². The van der Waals surface area contributed by atoms with Crippen molar-refractivity contribution in [1.29, 1.82) is 0 Å². The molecule has 1 aliphatic heterocycles. The van der Waals surface area contributed by atoms with E-state index in [1.54, 1.807) is 29.2 Å². The Balaban J connectivity index is 1.85. The quantitative estimate of drug-likeness (QED) is 0.393. The number of para-hydroxylation sites is 2. The lowest BCUT2D eigenvalue weighted by atomic mass is 9.72. The number of rotatable bonds is 3. The third-order valence-corrected chi connectivity index (χ3v) is 7.19. The Kier molecular flexibility index (Phi) is 6.31. The van der Waals surface area contributed by atoms with Crippen molar-refractivity contribution < 1.29 is 14.3 Å². The van der Waals surface area contributed by atoms with E-state index >= 15 is 0 Å². The Bertz CT molecular complexity index is 1380. The number of halogens is 2. The fraction of sp³-hybridized carbons (Fsp3) is 0.241. The van der Waals surface area contributed by atoms with E-state index in [1.165, 1.54) is 7.11 Å². The number of benzene rings is 3. The normalized spacial score (nSPS) is 20.4. The SMILES string of the molecule is COc1c(Cl)cc(Cl)cc1[C@@H]1[C@H]2C(=O)CC(C)(C)C=C2Nc2ccccc2N1C(=O)c1ccccc1. The average Bonchev–Trinajstić information content (AvgIpc) is 2.97. The lowest BCUT2D eigenvalue weighted by Gasteiger charge is -2.39. The molecule has 184 valence electrons. The van der Waals surface area contributed by atoms with Gasteiger partial charge >= 0.3 is 0 Å². The van der Waals surface area contributed by atoms with E-state index < -0.39 is 12.0 Å². The molecule has 1 heterocycles. The number of anilines is 2. The summed E-state index contributed by atoms with van der Waals surface area (Å²) >= 11 is 13.0. The van der Waals surface area contributed by atoms with Crippen LogP contribution in [-0.4, -0.2) is 18.8 Å². The lowest BCUT2D eigenvalue weighted by molar-refractivity contribution is -0.124. The number of hydrogen-bond acceptors (Lipinski definition) is 4. The van der Waals surface area contributed by atoms with Crippen LogP contribution in [0.25, 0.3) is 0 Å². The summed E-state index contributed by atoms with van der Waals surface area (Å²) in [6.45, 7) is 4.07. The molecule has 7 heteroatoms. The van der Waals surface area contributed by atoms with Gasteiger partial charge in [-0.25, -0.2) is 0 Å². The van der Waals surface area contributed by atoms with Gasteiger partial charge in [0, 0.05) is 28.3 Å². The zero-order valence-electron chi connectivity index (χ0n) is 20.2. The number of nitrogens with one attached hydrogen (secondary N) is 1. The summed E-state index contributed by atoms with van der Waals surface area (Å²) in [4.78, 5) is 29.8. The topological polar surface area (TPSA) is 58.6 Å². The predicted molar refractivity (Wildman–Crippen MR) is 144 cm³/mol. The zero-order valence-corrected chi connectivity index (χ0v) is 21.7. The van der Waals surface area contributed by atoms with Gasteiger partial charge in [-0.1, -0.05) is 73.5 Å². The van der Waals surface area contributed by atoms with Gasteiger partial charge in [0.1, 0.15) is 11.5 Å². The average molecular weight is 521 g/mol. The fourth-order valence-electron chi connectivity index (χ4n) is 5.29. The molecular weight excluding hydrogens is 495 g/mol. The summed E-state index contributed by atoms with van der Waals surface area (Å²) in [6.07, 6.45) is 2.43. The molecule has 1 amide bonds. The van der Waals surface area contributed by atoms with Crippen LogP contribution in [0.2, 0.25) is 10.0 Å². The zero-order chi connectivity index (χ0) is 25.6. The first kappa shape index (κ1) is 24.4. The molecular formula is C29H26Cl2N2O3. The second kappa shape index (κ2) is 9.30. The highest BCUT2D eigenvalue weighted by Crippen LogP contribution is 2.51. The first-order valence-electron chi connectivity index (χ1n) is 11.7. The summed E-state index contributed by atoms with van der Waals surface area (Å²) in [7, 11) is 1.52. The number of carbonyl (C=O) groups is 2. The van der Waals surface area contributed by atoms with E-state index in [0.717, 1.165) is 11.4 Å². The van der Waals surface area contributed by atoms with Gasteiger partial charge in [0.05, 0.1) is 35.5 Å². The van der Waals surface area contributed by atoms with Crippen LogP contribution in [0, 0.1) is 11.3 Å². The number of amides is 1. The van der Waals surface area contributed by atoms with Crippen molar-refractivity contribution >= 4 is 46.3 Å². The molecule has 3 aromatic rings. The van der Waals surface area contributed by atoms with Gasteiger partial charge in [-0.2, -0.15) is 0 Å². The van der Waals surface area contributed by atoms with Crippen LogP contribution in [0.15, 0.2) is 78.5 Å². The number of nitrogens with zero attached hydrogens (tertiary/aromatic N) is 1. The summed E-state index contributed by atoms with van der Waals surface area (Å²) in [5.41, 5.74) is 2.86. The molecule has 36 heavy (non-hydrogen) atoms. The van der Waals surface area contributed by atoms with Crippen molar-refractivity contribution in [2.24, 2.45) is 11.3 Å².